The smallest absolute Gasteiger partial charge is 0.229 e. The van der Waals surface area contributed by atoms with Gasteiger partial charge in [0.15, 0.2) is 5.82 Å². The first-order chi connectivity index (χ1) is 14.8. The van der Waals surface area contributed by atoms with E-state index in [-0.39, 0.29) is 0 Å². The molecule has 0 amide bonds. The van der Waals surface area contributed by atoms with Gasteiger partial charge in [-0.1, -0.05) is 17.3 Å². The average Bonchev–Trinajstić information content (AvgIpc) is 3.25. The molecule has 1 aromatic carbocycles. The molecule has 0 saturated carbocycles. The molecule has 3 heterocycles. The Morgan fingerprint density at radius 3 is 2.73 bits per heavy atom. The first kappa shape index (κ1) is 20.4. The zero-order valence-corrected chi connectivity index (χ0v) is 17.5. The Hall–Kier alpha value is -2.84. The lowest BCUT2D eigenvalue weighted by Gasteiger charge is -2.30. The van der Waals surface area contributed by atoms with E-state index in [1.807, 2.05) is 36.5 Å². The zero-order chi connectivity index (χ0) is 20.8. The fraction of sp³-hybridized carbons (Fsp3) is 0.455. The summed E-state index contributed by atoms with van der Waals surface area (Å²) in [7, 11) is 3.35. The van der Waals surface area contributed by atoms with E-state index >= 15 is 0 Å². The summed E-state index contributed by atoms with van der Waals surface area (Å²) < 4.78 is 15.8. The van der Waals surface area contributed by atoms with Crippen LogP contribution >= 0.6 is 0 Å². The van der Waals surface area contributed by atoms with Gasteiger partial charge in [0.25, 0.3) is 0 Å². The number of methoxy groups -OCH3 is 2. The molecule has 0 radical (unpaired) electrons. The molecule has 4 rings (SSSR count). The van der Waals surface area contributed by atoms with Gasteiger partial charge in [-0.2, -0.15) is 4.98 Å². The molecule has 0 spiro atoms. The summed E-state index contributed by atoms with van der Waals surface area (Å²) in [5.74, 6) is 3.43. The number of piperidine rings is 1. The molecule has 8 heteroatoms. The Bertz CT molecular complexity index is 953. The maximum Gasteiger partial charge on any atom is 0.229 e. The predicted molar refractivity (Wildman–Crippen MR) is 111 cm³/mol. The molecule has 8 nitrogen and oxygen atoms in total. The van der Waals surface area contributed by atoms with Gasteiger partial charge in [-0.25, -0.2) is 9.97 Å². The number of rotatable bonds is 8. The molecule has 0 bridgehead atoms. The normalized spacial score (nSPS) is 15.4. The number of hydrogen-bond acceptors (Lipinski definition) is 8. The van der Waals surface area contributed by atoms with Crippen molar-refractivity contribution in [3.8, 4) is 17.0 Å². The lowest BCUT2D eigenvalue weighted by molar-refractivity contribution is 0.190. The summed E-state index contributed by atoms with van der Waals surface area (Å²) in [4.78, 5) is 16.2. The number of ether oxygens (including phenoxy) is 2. The predicted octanol–water partition coefficient (Wildman–Crippen LogP) is 3.10. The SMILES string of the molecule is COCCc1nc(CN2CCC(c3nccc(-c4ccccc4OC)n3)CC2)no1. The van der Waals surface area contributed by atoms with E-state index in [2.05, 4.69) is 20.0 Å². The summed E-state index contributed by atoms with van der Waals surface area (Å²) in [5, 5.41) is 4.08. The largest absolute Gasteiger partial charge is 0.496 e. The summed E-state index contributed by atoms with van der Waals surface area (Å²) in [5.41, 5.74) is 1.89. The summed E-state index contributed by atoms with van der Waals surface area (Å²) in [6.45, 7) is 3.19. The number of aromatic nitrogens is 4. The van der Waals surface area contributed by atoms with Gasteiger partial charge in [0, 0.05) is 24.8 Å². The fourth-order valence-electron chi connectivity index (χ4n) is 3.77. The van der Waals surface area contributed by atoms with Crippen LogP contribution in [0.1, 0.15) is 36.3 Å². The standard InChI is InChI=1S/C22H27N5O3/c1-28-14-10-21-25-20(26-30-21)15-27-12-8-16(9-13-27)22-23-11-7-18(24-22)17-5-3-4-6-19(17)29-2/h3-7,11,16H,8-10,12-15H2,1-2H3. The zero-order valence-electron chi connectivity index (χ0n) is 17.5. The van der Waals surface area contributed by atoms with Gasteiger partial charge in [-0.3, -0.25) is 4.90 Å². The molecule has 0 unspecified atom stereocenters. The van der Waals surface area contributed by atoms with Gasteiger partial charge < -0.3 is 14.0 Å². The van der Waals surface area contributed by atoms with Crippen LogP contribution in [0.2, 0.25) is 0 Å². The Labute approximate surface area is 176 Å². The number of nitrogens with zero attached hydrogens (tertiary/aromatic N) is 5. The molecule has 2 aromatic heterocycles. The van der Waals surface area contributed by atoms with Gasteiger partial charge in [-0.15, -0.1) is 0 Å². The number of para-hydroxylation sites is 1. The van der Waals surface area contributed by atoms with Gasteiger partial charge in [-0.05, 0) is 44.1 Å². The Morgan fingerprint density at radius 2 is 1.93 bits per heavy atom. The van der Waals surface area contributed by atoms with E-state index in [1.54, 1.807) is 14.2 Å². The Kier molecular flexibility index (Phi) is 6.66. The van der Waals surface area contributed by atoms with Crippen LogP contribution in [0.25, 0.3) is 11.3 Å². The molecule has 3 aromatic rings. The van der Waals surface area contributed by atoms with Crippen molar-refractivity contribution < 1.29 is 14.0 Å². The first-order valence-corrected chi connectivity index (χ1v) is 10.3. The quantitative estimate of drug-likeness (QED) is 0.561. The molecule has 1 aliphatic heterocycles. The number of likely N-dealkylation sites (tertiary alicyclic amines) is 1. The van der Waals surface area contributed by atoms with Crippen molar-refractivity contribution in [3.05, 3.63) is 54.1 Å². The average molecular weight is 409 g/mol. The molecule has 158 valence electrons. The highest BCUT2D eigenvalue weighted by molar-refractivity contribution is 5.66. The lowest BCUT2D eigenvalue weighted by Crippen LogP contribution is -2.33. The Morgan fingerprint density at radius 1 is 1.10 bits per heavy atom. The molecule has 1 aliphatic rings. The van der Waals surface area contributed by atoms with E-state index in [1.165, 1.54) is 0 Å². The third-order valence-corrected chi connectivity index (χ3v) is 5.41. The topological polar surface area (TPSA) is 86.4 Å². The highest BCUT2D eigenvalue weighted by Crippen LogP contribution is 2.31. The Balaban J connectivity index is 1.37. The van der Waals surface area contributed by atoms with Crippen molar-refractivity contribution in [3.63, 3.8) is 0 Å². The van der Waals surface area contributed by atoms with Gasteiger partial charge in [0.05, 0.1) is 32.4 Å². The maximum atomic E-state index is 5.49. The fourth-order valence-corrected chi connectivity index (χ4v) is 3.77. The third-order valence-electron chi connectivity index (χ3n) is 5.41. The van der Waals surface area contributed by atoms with Crippen LogP contribution in [0, 0.1) is 0 Å². The highest BCUT2D eigenvalue weighted by Gasteiger charge is 2.24. The molecular weight excluding hydrogens is 382 g/mol. The second-order valence-corrected chi connectivity index (χ2v) is 7.40. The maximum absolute atomic E-state index is 5.49. The minimum absolute atomic E-state index is 0.346. The number of benzene rings is 1. The van der Waals surface area contributed by atoms with E-state index < -0.39 is 0 Å². The molecule has 1 fully saturated rings. The van der Waals surface area contributed by atoms with E-state index in [0.29, 0.717) is 31.4 Å². The second kappa shape index (κ2) is 9.77. The minimum atomic E-state index is 0.346. The molecule has 0 N–H and O–H groups in total. The van der Waals surface area contributed by atoms with Crippen LogP contribution in [-0.4, -0.2) is 58.9 Å². The molecule has 0 atom stereocenters. The molecule has 30 heavy (non-hydrogen) atoms. The van der Waals surface area contributed by atoms with Crippen LogP contribution in [0.3, 0.4) is 0 Å². The van der Waals surface area contributed by atoms with E-state index in [0.717, 1.165) is 54.6 Å². The van der Waals surface area contributed by atoms with Crippen LogP contribution in [0.15, 0.2) is 41.1 Å². The summed E-state index contributed by atoms with van der Waals surface area (Å²) in [6, 6.07) is 9.88. The minimum Gasteiger partial charge on any atom is -0.496 e. The van der Waals surface area contributed by atoms with Crippen LogP contribution < -0.4 is 4.74 Å². The molecule has 1 saturated heterocycles. The summed E-state index contributed by atoms with van der Waals surface area (Å²) in [6.07, 6.45) is 4.50. The van der Waals surface area contributed by atoms with Crippen molar-refractivity contribution >= 4 is 0 Å². The van der Waals surface area contributed by atoms with Crippen molar-refractivity contribution in [1.82, 2.24) is 25.0 Å². The molecular formula is C22H27N5O3. The number of hydrogen-bond donors (Lipinski definition) is 0. The second-order valence-electron chi connectivity index (χ2n) is 7.40. The lowest BCUT2D eigenvalue weighted by atomic mass is 9.95. The van der Waals surface area contributed by atoms with E-state index in [9.17, 15) is 0 Å². The van der Waals surface area contributed by atoms with Crippen molar-refractivity contribution in [2.75, 3.05) is 33.9 Å². The third kappa shape index (κ3) is 4.83. The van der Waals surface area contributed by atoms with Crippen LogP contribution in [0.4, 0.5) is 0 Å². The van der Waals surface area contributed by atoms with E-state index in [4.69, 9.17) is 19.0 Å². The van der Waals surface area contributed by atoms with Gasteiger partial charge in [0.2, 0.25) is 5.89 Å². The highest BCUT2D eigenvalue weighted by atomic mass is 16.5. The van der Waals surface area contributed by atoms with Crippen molar-refractivity contribution in [1.29, 1.82) is 0 Å². The molecule has 0 aliphatic carbocycles. The summed E-state index contributed by atoms with van der Waals surface area (Å²) >= 11 is 0. The van der Waals surface area contributed by atoms with Crippen LogP contribution in [0.5, 0.6) is 5.75 Å². The van der Waals surface area contributed by atoms with Gasteiger partial charge in [0.1, 0.15) is 11.6 Å². The van der Waals surface area contributed by atoms with Gasteiger partial charge >= 0.3 is 0 Å². The van der Waals surface area contributed by atoms with Crippen LogP contribution in [-0.2, 0) is 17.7 Å². The monoisotopic (exact) mass is 409 g/mol. The van der Waals surface area contributed by atoms with Crippen molar-refractivity contribution in [2.24, 2.45) is 0 Å². The van der Waals surface area contributed by atoms with Crippen molar-refractivity contribution in [2.45, 2.75) is 31.7 Å². The first-order valence-electron chi connectivity index (χ1n) is 10.3.